The van der Waals surface area contributed by atoms with E-state index in [0.29, 0.717) is 0 Å². The van der Waals surface area contributed by atoms with Crippen LogP contribution in [0.1, 0.15) is 43.2 Å². The minimum Gasteiger partial charge on any atom is -0.456 e. The molecular formula is C52H38O. The van der Waals surface area contributed by atoms with E-state index in [1.165, 1.54) is 103 Å². The molecule has 1 heteroatoms. The zero-order valence-electron chi connectivity index (χ0n) is 29.6. The highest BCUT2D eigenvalue weighted by Gasteiger charge is 2.62. The predicted molar refractivity (Wildman–Crippen MR) is 220 cm³/mol. The van der Waals surface area contributed by atoms with Gasteiger partial charge in [-0.15, -0.1) is 0 Å². The zero-order valence-corrected chi connectivity index (χ0v) is 29.6. The van der Waals surface area contributed by atoms with Crippen molar-refractivity contribution in [3.05, 3.63) is 157 Å². The maximum Gasteiger partial charge on any atom is 0.136 e. The van der Waals surface area contributed by atoms with Crippen molar-refractivity contribution < 1.29 is 4.42 Å². The van der Waals surface area contributed by atoms with Crippen LogP contribution in [0, 0.1) is 23.7 Å². The van der Waals surface area contributed by atoms with Gasteiger partial charge in [0.25, 0.3) is 0 Å². The Morgan fingerprint density at radius 3 is 1.62 bits per heavy atom. The van der Waals surface area contributed by atoms with E-state index < -0.39 is 0 Å². The number of hydrogen-bond donors (Lipinski definition) is 0. The van der Waals surface area contributed by atoms with Gasteiger partial charge in [0.15, 0.2) is 0 Å². The van der Waals surface area contributed by atoms with E-state index in [4.69, 9.17) is 4.42 Å². The van der Waals surface area contributed by atoms with E-state index in [1.807, 2.05) is 0 Å². The van der Waals surface area contributed by atoms with Crippen molar-refractivity contribution in [2.24, 2.45) is 23.7 Å². The topological polar surface area (TPSA) is 13.1 Å². The Labute approximate surface area is 308 Å². The third-order valence-corrected chi connectivity index (χ3v) is 14.4. The lowest BCUT2D eigenvalue weighted by Gasteiger charge is -2.61. The molecule has 0 unspecified atom stereocenters. The van der Waals surface area contributed by atoms with Crippen molar-refractivity contribution in [1.82, 2.24) is 0 Å². The van der Waals surface area contributed by atoms with Crippen molar-refractivity contribution in [3.8, 4) is 33.4 Å². The first-order chi connectivity index (χ1) is 26.3. The van der Waals surface area contributed by atoms with Crippen LogP contribution in [-0.4, -0.2) is 0 Å². The molecule has 0 aliphatic heterocycles. The van der Waals surface area contributed by atoms with E-state index in [0.717, 1.165) is 40.2 Å². The molecule has 0 atom stereocenters. The van der Waals surface area contributed by atoms with Crippen LogP contribution in [0.2, 0.25) is 0 Å². The monoisotopic (exact) mass is 678 g/mol. The Balaban J connectivity index is 1.12. The van der Waals surface area contributed by atoms with Gasteiger partial charge in [-0.3, -0.25) is 0 Å². The first-order valence-electron chi connectivity index (χ1n) is 19.8. The molecule has 5 aliphatic carbocycles. The van der Waals surface area contributed by atoms with Gasteiger partial charge in [0, 0.05) is 16.2 Å². The summed E-state index contributed by atoms with van der Waals surface area (Å²) in [6.07, 6.45) is 7.05. The molecule has 1 nitrogen and oxygen atoms in total. The molecule has 1 aromatic heterocycles. The number of hydrogen-bond acceptors (Lipinski definition) is 1. The molecular weight excluding hydrogens is 641 g/mol. The summed E-state index contributed by atoms with van der Waals surface area (Å²) in [7, 11) is 0. The van der Waals surface area contributed by atoms with E-state index in [9.17, 15) is 0 Å². The molecule has 5 aliphatic rings. The number of rotatable bonds is 2. The second-order valence-corrected chi connectivity index (χ2v) is 16.7. The maximum absolute atomic E-state index is 6.42. The molecule has 4 bridgehead atoms. The van der Waals surface area contributed by atoms with Crippen molar-refractivity contribution in [1.29, 1.82) is 0 Å². The molecule has 1 heterocycles. The molecule has 9 aromatic rings. The lowest BCUT2D eigenvalue weighted by molar-refractivity contribution is -0.0393. The molecule has 252 valence electrons. The van der Waals surface area contributed by atoms with Gasteiger partial charge in [-0.25, -0.2) is 0 Å². The first-order valence-corrected chi connectivity index (χ1v) is 19.8. The highest BCUT2D eigenvalue weighted by atomic mass is 16.3. The minimum absolute atomic E-state index is 0.123. The van der Waals surface area contributed by atoms with Crippen LogP contribution in [0.15, 0.2) is 150 Å². The van der Waals surface area contributed by atoms with Gasteiger partial charge < -0.3 is 4.42 Å². The van der Waals surface area contributed by atoms with Gasteiger partial charge in [0.2, 0.25) is 0 Å². The van der Waals surface area contributed by atoms with Crippen LogP contribution in [0.4, 0.5) is 0 Å². The fraction of sp³-hybridized carbons (Fsp3) is 0.192. The van der Waals surface area contributed by atoms with E-state index in [-0.39, 0.29) is 5.41 Å². The van der Waals surface area contributed by atoms with Crippen molar-refractivity contribution in [3.63, 3.8) is 0 Å². The fourth-order valence-electron chi connectivity index (χ4n) is 12.9. The van der Waals surface area contributed by atoms with Gasteiger partial charge in [0.05, 0.1) is 0 Å². The average Bonchev–Trinajstić information content (AvgIpc) is 3.73. The smallest absolute Gasteiger partial charge is 0.136 e. The molecule has 53 heavy (non-hydrogen) atoms. The summed E-state index contributed by atoms with van der Waals surface area (Å²) >= 11 is 0. The molecule has 8 aromatic carbocycles. The minimum atomic E-state index is 0.123. The van der Waals surface area contributed by atoms with Gasteiger partial charge in [-0.05, 0) is 145 Å². The van der Waals surface area contributed by atoms with Crippen LogP contribution in [0.25, 0.3) is 87.6 Å². The SMILES string of the molecule is c1ccc2c(c1)-c1ccc3c(-c4c5ccccc5c(-c5cccc6oc7ccccc7c56)c5ccccc45)cccc3c1C21C2CC3CC(C2)CC1C3. The van der Waals surface area contributed by atoms with Crippen LogP contribution < -0.4 is 0 Å². The molecule has 4 fully saturated rings. The van der Waals surface area contributed by atoms with Crippen molar-refractivity contribution in [2.75, 3.05) is 0 Å². The summed E-state index contributed by atoms with van der Waals surface area (Å²) in [5.41, 5.74) is 13.4. The van der Waals surface area contributed by atoms with Crippen LogP contribution in [0.3, 0.4) is 0 Å². The number of para-hydroxylation sites is 1. The van der Waals surface area contributed by atoms with Crippen molar-refractivity contribution >= 4 is 54.3 Å². The quantitative estimate of drug-likeness (QED) is 0.166. The zero-order chi connectivity index (χ0) is 34.4. The van der Waals surface area contributed by atoms with Crippen LogP contribution in [0.5, 0.6) is 0 Å². The standard InChI is InChI=1S/C52H38O/c1-3-14-39-37(12-1)48(38-13-2-4-15-40(38)49(39)44-19-10-22-47-50(44)43-16-6-8-21-46(43)53-47)36-17-9-18-41-34(36)23-24-42-35-11-5-7-20-45(35)52(51(41)42)32-26-30-25-31(28-32)29-33(52)27-30/h1-24,30-33H,25-29H2. The third kappa shape index (κ3) is 3.59. The second kappa shape index (κ2) is 10.3. The van der Waals surface area contributed by atoms with Gasteiger partial charge in [-0.2, -0.15) is 0 Å². The Hall–Kier alpha value is -5.66. The number of benzene rings is 8. The van der Waals surface area contributed by atoms with Crippen molar-refractivity contribution in [2.45, 2.75) is 37.5 Å². The van der Waals surface area contributed by atoms with E-state index in [1.54, 1.807) is 11.1 Å². The van der Waals surface area contributed by atoms with E-state index in [2.05, 4.69) is 146 Å². The van der Waals surface area contributed by atoms with Gasteiger partial charge in [0.1, 0.15) is 11.2 Å². The largest absolute Gasteiger partial charge is 0.456 e. The lowest BCUT2D eigenvalue weighted by Crippen LogP contribution is -2.55. The summed E-state index contributed by atoms with van der Waals surface area (Å²) < 4.78 is 6.42. The molecule has 0 amide bonds. The summed E-state index contributed by atoms with van der Waals surface area (Å²) in [6, 6.07) is 55.0. The Morgan fingerprint density at radius 2 is 0.906 bits per heavy atom. The van der Waals surface area contributed by atoms with Crippen LogP contribution in [-0.2, 0) is 5.41 Å². The average molecular weight is 679 g/mol. The molecule has 0 N–H and O–H groups in total. The maximum atomic E-state index is 6.42. The Morgan fingerprint density at radius 1 is 0.377 bits per heavy atom. The molecule has 0 radical (unpaired) electrons. The normalized spacial score (nSPS) is 23.9. The lowest BCUT2D eigenvalue weighted by atomic mass is 9.43. The molecule has 1 spiro atoms. The summed E-state index contributed by atoms with van der Waals surface area (Å²) in [5, 5.41) is 10.4. The first kappa shape index (κ1) is 28.9. The number of fused-ring (bicyclic) bond motifs is 10. The summed E-state index contributed by atoms with van der Waals surface area (Å²) in [6.45, 7) is 0. The molecule has 14 rings (SSSR count). The fourth-order valence-corrected chi connectivity index (χ4v) is 12.9. The Kier molecular flexibility index (Phi) is 5.59. The van der Waals surface area contributed by atoms with Crippen LogP contribution >= 0.6 is 0 Å². The third-order valence-electron chi connectivity index (χ3n) is 14.4. The van der Waals surface area contributed by atoms with Gasteiger partial charge >= 0.3 is 0 Å². The highest BCUT2D eigenvalue weighted by Crippen LogP contribution is 2.70. The van der Waals surface area contributed by atoms with E-state index >= 15 is 0 Å². The Bertz CT molecular complexity index is 2940. The molecule has 0 saturated heterocycles. The van der Waals surface area contributed by atoms with Gasteiger partial charge in [-0.1, -0.05) is 133 Å². The number of furan rings is 1. The second-order valence-electron chi connectivity index (χ2n) is 16.7. The summed E-state index contributed by atoms with van der Waals surface area (Å²) in [5.74, 6) is 3.31. The molecule has 4 saturated carbocycles. The highest BCUT2D eigenvalue weighted by molar-refractivity contribution is 6.27. The predicted octanol–water partition coefficient (Wildman–Crippen LogP) is 14.1. The summed E-state index contributed by atoms with van der Waals surface area (Å²) in [4.78, 5) is 0.